The van der Waals surface area contributed by atoms with Crippen LogP contribution in [0, 0.1) is 0 Å². The Hall–Kier alpha value is -3.92. The summed E-state index contributed by atoms with van der Waals surface area (Å²) >= 11 is 0. The minimum atomic E-state index is -0.564. The van der Waals surface area contributed by atoms with Crippen LogP contribution in [0.1, 0.15) is 0 Å². The van der Waals surface area contributed by atoms with Crippen LogP contribution in [0.25, 0.3) is 44.1 Å². The van der Waals surface area contributed by atoms with E-state index in [0.717, 1.165) is 16.8 Å². The topological polar surface area (TPSA) is 28.4 Å². The van der Waals surface area contributed by atoms with E-state index in [2.05, 4.69) is 114 Å². The van der Waals surface area contributed by atoms with Crippen molar-refractivity contribution in [2.24, 2.45) is 0 Å². The highest BCUT2D eigenvalue weighted by atomic mass is 16.3. The van der Waals surface area contributed by atoms with E-state index in [-0.39, 0.29) is 0 Å². The predicted molar refractivity (Wildman–Crippen MR) is 153 cm³/mol. The third kappa shape index (κ3) is 4.64. The molecule has 1 aromatic heterocycles. The van der Waals surface area contributed by atoms with Gasteiger partial charge in [0.1, 0.15) is 0 Å². The van der Waals surface area contributed by atoms with Crippen molar-refractivity contribution in [3.63, 3.8) is 0 Å². The smallest absolute Gasteiger partial charge is 0.0846 e. The molecule has 0 unspecified atom stereocenters. The summed E-state index contributed by atoms with van der Waals surface area (Å²) in [5.74, 6) is 0. The molecule has 0 aliphatic rings. The Bertz CT molecular complexity index is 1470. The average molecular weight is 473 g/mol. The fourth-order valence-electron chi connectivity index (χ4n) is 5.25. The lowest BCUT2D eigenvalue weighted by Gasteiger charge is -2.24. The van der Waals surface area contributed by atoms with Gasteiger partial charge in [0.25, 0.3) is 0 Å². The van der Waals surface area contributed by atoms with Crippen LogP contribution in [0.3, 0.4) is 0 Å². The average Bonchev–Trinajstić information content (AvgIpc) is 3.24. The fourth-order valence-corrected chi connectivity index (χ4v) is 5.25. The number of aliphatic hydroxyl groups is 1. The number of aromatic nitrogens is 1. The Morgan fingerprint density at radius 1 is 0.722 bits per heavy atom. The Labute approximate surface area is 213 Å². The van der Waals surface area contributed by atoms with Crippen molar-refractivity contribution in [1.82, 2.24) is 9.47 Å². The Morgan fingerprint density at radius 3 is 2.00 bits per heavy atom. The maximum Gasteiger partial charge on any atom is 0.0846 e. The molecular weight excluding hydrogens is 440 g/mol. The monoisotopic (exact) mass is 472 g/mol. The van der Waals surface area contributed by atoms with Gasteiger partial charge < -0.3 is 9.67 Å². The zero-order valence-electron chi connectivity index (χ0n) is 20.6. The van der Waals surface area contributed by atoms with E-state index in [1.165, 1.54) is 27.3 Å². The summed E-state index contributed by atoms with van der Waals surface area (Å²) in [6.45, 7) is 10.2. The van der Waals surface area contributed by atoms with Crippen molar-refractivity contribution in [2.45, 2.75) is 12.6 Å². The fraction of sp³-hybridized carbons (Fsp3) is 0.152. The summed E-state index contributed by atoms with van der Waals surface area (Å²) in [6, 6.07) is 34.1. The lowest BCUT2D eigenvalue weighted by Crippen LogP contribution is -2.35. The van der Waals surface area contributed by atoms with Gasteiger partial charge in [0.05, 0.1) is 23.9 Å². The van der Waals surface area contributed by atoms with Gasteiger partial charge in [0.15, 0.2) is 0 Å². The van der Waals surface area contributed by atoms with E-state index in [1.807, 2.05) is 18.2 Å². The summed E-state index contributed by atoms with van der Waals surface area (Å²) in [4.78, 5) is 2.16. The number of aliphatic hydroxyl groups excluding tert-OH is 1. The third-order valence-electron chi connectivity index (χ3n) is 6.69. The second-order valence-corrected chi connectivity index (χ2v) is 9.20. The van der Waals surface area contributed by atoms with Gasteiger partial charge in [-0.3, -0.25) is 4.90 Å². The second kappa shape index (κ2) is 10.8. The molecular formula is C33H32N2O. The van der Waals surface area contributed by atoms with Crippen LogP contribution >= 0.6 is 0 Å². The molecule has 0 amide bonds. The molecule has 0 fully saturated rings. The molecule has 3 heteroatoms. The molecule has 5 rings (SSSR count). The standard InChI is InChI=1S/C33H32N2O/c1-3-21-34(22-4-2)23-28(36)24-35-32(27-16-9-6-10-17-27)31(26-14-7-5-8-15-26)30-20-19-25-13-11-12-18-29(25)33(30)35/h3-20,28,36H,1-2,21-24H2/t28-/m0/s1. The first-order valence-electron chi connectivity index (χ1n) is 12.5. The Kier molecular flexibility index (Phi) is 7.13. The van der Waals surface area contributed by atoms with Crippen LogP contribution in [-0.4, -0.2) is 40.3 Å². The number of hydrogen-bond donors (Lipinski definition) is 1. The van der Waals surface area contributed by atoms with Crippen molar-refractivity contribution in [3.05, 3.63) is 122 Å². The van der Waals surface area contributed by atoms with E-state index in [9.17, 15) is 5.11 Å². The first-order valence-corrected chi connectivity index (χ1v) is 12.5. The molecule has 0 saturated heterocycles. The molecule has 1 heterocycles. The largest absolute Gasteiger partial charge is 0.390 e. The third-order valence-corrected chi connectivity index (χ3v) is 6.69. The summed E-state index contributed by atoms with van der Waals surface area (Å²) in [6.07, 6.45) is 3.18. The van der Waals surface area contributed by atoms with Crippen molar-refractivity contribution < 1.29 is 5.11 Å². The molecule has 0 spiro atoms. The van der Waals surface area contributed by atoms with Crippen molar-refractivity contribution in [1.29, 1.82) is 0 Å². The minimum Gasteiger partial charge on any atom is -0.390 e. The van der Waals surface area contributed by atoms with Gasteiger partial charge in [-0.15, -0.1) is 13.2 Å². The first kappa shape index (κ1) is 23.8. The molecule has 4 aromatic carbocycles. The first-order chi connectivity index (χ1) is 17.7. The highest BCUT2D eigenvalue weighted by Crippen LogP contribution is 2.43. The van der Waals surface area contributed by atoms with Crippen LogP contribution in [0.2, 0.25) is 0 Å². The lowest BCUT2D eigenvalue weighted by atomic mass is 9.97. The van der Waals surface area contributed by atoms with Gasteiger partial charge in [0, 0.05) is 36.0 Å². The van der Waals surface area contributed by atoms with Gasteiger partial charge in [-0.05, 0) is 16.5 Å². The van der Waals surface area contributed by atoms with Gasteiger partial charge in [-0.25, -0.2) is 0 Å². The van der Waals surface area contributed by atoms with Gasteiger partial charge >= 0.3 is 0 Å². The second-order valence-electron chi connectivity index (χ2n) is 9.20. The highest BCUT2D eigenvalue weighted by Gasteiger charge is 2.23. The quantitative estimate of drug-likeness (QED) is 0.218. The number of nitrogens with zero attached hydrogens (tertiary/aromatic N) is 2. The van der Waals surface area contributed by atoms with Crippen molar-refractivity contribution in [2.75, 3.05) is 19.6 Å². The van der Waals surface area contributed by atoms with Gasteiger partial charge in [0.2, 0.25) is 0 Å². The maximum atomic E-state index is 11.4. The molecule has 1 N–H and O–H groups in total. The van der Waals surface area contributed by atoms with Gasteiger partial charge in [-0.2, -0.15) is 0 Å². The van der Waals surface area contributed by atoms with Gasteiger partial charge in [-0.1, -0.05) is 109 Å². The lowest BCUT2D eigenvalue weighted by molar-refractivity contribution is 0.110. The van der Waals surface area contributed by atoms with Crippen molar-refractivity contribution >= 4 is 21.7 Å². The SMILES string of the molecule is C=CCN(CC=C)C[C@H](O)Cn1c(-c2ccccc2)c(-c2ccccc2)c2ccc3ccccc3c21. The van der Waals surface area contributed by atoms with Crippen LogP contribution in [0.4, 0.5) is 0 Å². The normalized spacial score (nSPS) is 12.3. The van der Waals surface area contributed by atoms with E-state index in [4.69, 9.17) is 0 Å². The molecule has 0 saturated carbocycles. The van der Waals surface area contributed by atoms with Crippen LogP contribution < -0.4 is 0 Å². The van der Waals surface area contributed by atoms with E-state index < -0.39 is 6.10 Å². The molecule has 1 atom stereocenters. The summed E-state index contributed by atoms with van der Waals surface area (Å²) in [7, 11) is 0. The molecule has 3 nitrogen and oxygen atoms in total. The number of benzene rings is 4. The summed E-state index contributed by atoms with van der Waals surface area (Å²) in [5, 5.41) is 15.0. The summed E-state index contributed by atoms with van der Waals surface area (Å²) in [5.41, 5.74) is 5.79. The number of fused-ring (bicyclic) bond motifs is 3. The highest BCUT2D eigenvalue weighted by molar-refractivity contribution is 6.15. The van der Waals surface area contributed by atoms with Crippen LogP contribution in [0.5, 0.6) is 0 Å². The summed E-state index contributed by atoms with van der Waals surface area (Å²) < 4.78 is 2.33. The van der Waals surface area contributed by atoms with Crippen molar-refractivity contribution in [3.8, 4) is 22.4 Å². The molecule has 180 valence electrons. The molecule has 0 radical (unpaired) electrons. The molecule has 0 aliphatic carbocycles. The molecule has 36 heavy (non-hydrogen) atoms. The zero-order chi connectivity index (χ0) is 24.9. The zero-order valence-corrected chi connectivity index (χ0v) is 20.6. The Morgan fingerprint density at radius 2 is 1.33 bits per heavy atom. The van der Waals surface area contributed by atoms with E-state index in [0.29, 0.717) is 26.2 Å². The number of hydrogen-bond acceptors (Lipinski definition) is 2. The van der Waals surface area contributed by atoms with Crippen LogP contribution in [-0.2, 0) is 6.54 Å². The maximum absolute atomic E-state index is 11.4. The van der Waals surface area contributed by atoms with E-state index >= 15 is 0 Å². The minimum absolute atomic E-state index is 0.479. The van der Waals surface area contributed by atoms with E-state index in [1.54, 1.807) is 0 Å². The molecule has 0 aliphatic heterocycles. The number of rotatable bonds is 10. The molecule has 5 aromatic rings. The van der Waals surface area contributed by atoms with Crippen LogP contribution in [0.15, 0.2) is 122 Å². The molecule has 0 bridgehead atoms. The Balaban J connectivity index is 1.77. The predicted octanol–water partition coefficient (Wildman–Crippen LogP) is 7.16.